The first-order valence-electron chi connectivity index (χ1n) is 7.22. The SMILES string of the molecule is CCCOc1ccc(C(=O)c2ccsc2)cc1OCCC. The number of benzene rings is 1. The Morgan fingerprint density at radius 1 is 1.00 bits per heavy atom. The molecule has 21 heavy (non-hydrogen) atoms. The van der Waals surface area contributed by atoms with Crippen molar-refractivity contribution in [1.82, 2.24) is 0 Å². The van der Waals surface area contributed by atoms with Crippen LogP contribution in [-0.4, -0.2) is 19.0 Å². The fourth-order valence-electron chi connectivity index (χ4n) is 1.87. The first-order valence-corrected chi connectivity index (χ1v) is 8.17. The molecule has 0 saturated heterocycles. The Bertz CT molecular complexity index is 576. The van der Waals surface area contributed by atoms with Crippen LogP contribution in [0.4, 0.5) is 0 Å². The average Bonchev–Trinajstić information content (AvgIpc) is 3.04. The van der Waals surface area contributed by atoms with Crippen molar-refractivity contribution in [2.75, 3.05) is 13.2 Å². The van der Waals surface area contributed by atoms with Crippen molar-refractivity contribution < 1.29 is 14.3 Å². The first kappa shape index (κ1) is 15.6. The highest BCUT2D eigenvalue weighted by Gasteiger charge is 2.13. The van der Waals surface area contributed by atoms with Crippen molar-refractivity contribution >= 4 is 17.1 Å². The third kappa shape index (κ3) is 4.08. The van der Waals surface area contributed by atoms with Gasteiger partial charge in [0.2, 0.25) is 0 Å². The Kier molecular flexibility index (Phi) is 5.81. The van der Waals surface area contributed by atoms with Crippen LogP contribution in [0, 0.1) is 0 Å². The molecule has 3 nitrogen and oxygen atoms in total. The third-order valence-corrected chi connectivity index (χ3v) is 3.60. The topological polar surface area (TPSA) is 35.5 Å². The van der Waals surface area contributed by atoms with Gasteiger partial charge in [0, 0.05) is 16.5 Å². The van der Waals surface area contributed by atoms with Gasteiger partial charge in [-0.15, -0.1) is 0 Å². The number of hydrogen-bond donors (Lipinski definition) is 0. The van der Waals surface area contributed by atoms with Gasteiger partial charge in [-0.25, -0.2) is 0 Å². The molecule has 0 amide bonds. The van der Waals surface area contributed by atoms with Gasteiger partial charge in [-0.3, -0.25) is 4.79 Å². The van der Waals surface area contributed by atoms with E-state index < -0.39 is 0 Å². The van der Waals surface area contributed by atoms with Gasteiger partial charge in [0.1, 0.15) is 0 Å². The van der Waals surface area contributed by atoms with Crippen LogP contribution in [0.1, 0.15) is 42.6 Å². The molecular formula is C17H20O3S. The van der Waals surface area contributed by atoms with E-state index in [2.05, 4.69) is 6.92 Å². The molecule has 0 unspecified atom stereocenters. The van der Waals surface area contributed by atoms with Gasteiger partial charge in [0.05, 0.1) is 13.2 Å². The number of thiophene rings is 1. The molecule has 2 rings (SSSR count). The second kappa shape index (κ2) is 7.84. The van der Waals surface area contributed by atoms with Crippen molar-refractivity contribution in [1.29, 1.82) is 0 Å². The van der Waals surface area contributed by atoms with Crippen LogP contribution in [0.15, 0.2) is 35.0 Å². The summed E-state index contributed by atoms with van der Waals surface area (Å²) in [7, 11) is 0. The van der Waals surface area contributed by atoms with Crippen molar-refractivity contribution in [2.45, 2.75) is 26.7 Å². The molecule has 0 saturated carbocycles. The molecule has 0 aliphatic heterocycles. The van der Waals surface area contributed by atoms with Crippen LogP contribution in [0.3, 0.4) is 0 Å². The second-order valence-corrected chi connectivity index (χ2v) is 5.48. The zero-order valence-electron chi connectivity index (χ0n) is 12.4. The van der Waals surface area contributed by atoms with E-state index in [1.165, 1.54) is 11.3 Å². The van der Waals surface area contributed by atoms with Crippen LogP contribution in [0.2, 0.25) is 0 Å². The summed E-state index contributed by atoms with van der Waals surface area (Å²) in [5.74, 6) is 1.36. The minimum Gasteiger partial charge on any atom is -0.490 e. The fraction of sp³-hybridized carbons (Fsp3) is 0.353. The normalized spacial score (nSPS) is 10.4. The molecule has 2 aromatic rings. The second-order valence-electron chi connectivity index (χ2n) is 4.70. The Labute approximate surface area is 129 Å². The molecule has 0 aliphatic carbocycles. The minimum atomic E-state index is 0.0136. The van der Waals surface area contributed by atoms with Crippen LogP contribution < -0.4 is 9.47 Å². The lowest BCUT2D eigenvalue weighted by Crippen LogP contribution is -2.04. The molecule has 0 atom stereocenters. The third-order valence-electron chi connectivity index (χ3n) is 2.91. The van der Waals surface area contributed by atoms with E-state index in [1.54, 1.807) is 12.1 Å². The molecule has 4 heteroatoms. The molecule has 1 aromatic heterocycles. The average molecular weight is 304 g/mol. The summed E-state index contributed by atoms with van der Waals surface area (Å²) in [6, 6.07) is 7.23. The Morgan fingerprint density at radius 3 is 2.33 bits per heavy atom. The van der Waals surface area contributed by atoms with Gasteiger partial charge in [0.25, 0.3) is 0 Å². The maximum atomic E-state index is 12.4. The molecule has 0 spiro atoms. The number of ether oxygens (including phenoxy) is 2. The fourth-order valence-corrected chi connectivity index (χ4v) is 2.50. The van der Waals surface area contributed by atoms with E-state index in [-0.39, 0.29) is 5.78 Å². The molecule has 0 N–H and O–H groups in total. The highest BCUT2D eigenvalue weighted by atomic mass is 32.1. The van der Waals surface area contributed by atoms with E-state index in [9.17, 15) is 4.79 Å². The summed E-state index contributed by atoms with van der Waals surface area (Å²) in [4.78, 5) is 12.4. The summed E-state index contributed by atoms with van der Waals surface area (Å²) in [5.41, 5.74) is 1.34. The lowest BCUT2D eigenvalue weighted by molar-refractivity contribution is 0.103. The monoisotopic (exact) mass is 304 g/mol. The van der Waals surface area contributed by atoms with Gasteiger partial charge in [-0.1, -0.05) is 13.8 Å². The van der Waals surface area contributed by atoms with Gasteiger partial charge in [0.15, 0.2) is 17.3 Å². The summed E-state index contributed by atoms with van der Waals surface area (Å²) in [6.45, 7) is 5.35. The Hall–Kier alpha value is -1.81. The Balaban J connectivity index is 2.25. The summed E-state index contributed by atoms with van der Waals surface area (Å²) >= 11 is 1.52. The van der Waals surface area contributed by atoms with E-state index >= 15 is 0 Å². The van der Waals surface area contributed by atoms with Crippen molar-refractivity contribution in [2.24, 2.45) is 0 Å². The Morgan fingerprint density at radius 2 is 1.71 bits per heavy atom. The molecule has 1 aromatic carbocycles. The molecular weight excluding hydrogens is 284 g/mol. The number of carbonyl (C=O) groups is 1. The van der Waals surface area contributed by atoms with E-state index in [0.717, 1.165) is 12.8 Å². The maximum Gasteiger partial charge on any atom is 0.193 e. The predicted molar refractivity (Wildman–Crippen MR) is 85.8 cm³/mol. The number of rotatable bonds is 8. The summed E-state index contributed by atoms with van der Waals surface area (Å²) < 4.78 is 11.4. The zero-order chi connectivity index (χ0) is 15.1. The van der Waals surface area contributed by atoms with E-state index in [1.807, 2.05) is 29.8 Å². The molecule has 0 bridgehead atoms. The van der Waals surface area contributed by atoms with Gasteiger partial charge in [-0.2, -0.15) is 11.3 Å². The summed E-state index contributed by atoms with van der Waals surface area (Å²) in [6.07, 6.45) is 1.85. The van der Waals surface area contributed by atoms with Crippen molar-refractivity contribution in [3.8, 4) is 11.5 Å². The molecule has 1 heterocycles. The molecule has 0 aliphatic rings. The minimum absolute atomic E-state index is 0.0136. The van der Waals surface area contributed by atoms with Crippen LogP contribution in [0.25, 0.3) is 0 Å². The van der Waals surface area contributed by atoms with Gasteiger partial charge >= 0.3 is 0 Å². The van der Waals surface area contributed by atoms with Crippen LogP contribution in [0.5, 0.6) is 11.5 Å². The zero-order valence-corrected chi connectivity index (χ0v) is 13.2. The smallest absolute Gasteiger partial charge is 0.193 e. The predicted octanol–water partition coefficient (Wildman–Crippen LogP) is 4.56. The highest BCUT2D eigenvalue weighted by molar-refractivity contribution is 7.08. The lowest BCUT2D eigenvalue weighted by atomic mass is 10.1. The lowest BCUT2D eigenvalue weighted by Gasteiger charge is -2.13. The highest BCUT2D eigenvalue weighted by Crippen LogP contribution is 2.30. The standard InChI is InChI=1S/C17H20O3S/c1-3-8-19-15-6-5-13(11-16(15)20-9-4-2)17(18)14-7-10-21-12-14/h5-7,10-12H,3-4,8-9H2,1-2H3. The van der Waals surface area contributed by atoms with Crippen molar-refractivity contribution in [3.05, 3.63) is 46.2 Å². The van der Waals surface area contributed by atoms with Crippen LogP contribution in [-0.2, 0) is 0 Å². The van der Waals surface area contributed by atoms with Crippen LogP contribution >= 0.6 is 11.3 Å². The molecule has 0 fully saturated rings. The largest absolute Gasteiger partial charge is 0.490 e. The summed E-state index contributed by atoms with van der Waals surface area (Å²) in [5, 5.41) is 3.76. The van der Waals surface area contributed by atoms with Gasteiger partial charge in [-0.05, 0) is 42.5 Å². The molecule has 112 valence electrons. The number of ketones is 1. The van der Waals surface area contributed by atoms with E-state index in [0.29, 0.717) is 35.8 Å². The maximum absolute atomic E-state index is 12.4. The quantitative estimate of drug-likeness (QED) is 0.671. The number of hydrogen-bond acceptors (Lipinski definition) is 4. The first-order chi connectivity index (χ1) is 10.3. The van der Waals surface area contributed by atoms with E-state index in [4.69, 9.17) is 9.47 Å². The molecule has 0 radical (unpaired) electrons. The number of carbonyl (C=O) groups excluding carboxylic acids is 1. The van der Waals surface area contributed by atoms with Gasteiger partial charge < -0.3 is 9.47 Å². The van der Waals surface area contributed by atoms with Crippen molar-refractivity contribution in [3.63, 3.8) is 0 Å².